The smallest absolute Gasteiger partial charge is 0.303 e. The maximum atomic E-state index is 12.1. The van der Waals surface area contributed by atoms with Gasteiger partial charge in [-0.25, -0.2) is 0 Å². The number of carbonyl (C=O) groups excluding carboxylic acids is 1. The van der Waals surface area contributed by atoms with Crippen LogP contribution in [0.4, 0.5) is 0 Å². The second-order valence-corrected chi connectivity index (χ2v) is 11.4. The van der Waals surface area contributed by atoms with Gasteiger partial charge in [0.15, 0.2) is 0 Å². The van der Waals surface area contributed by atoms with Crippen molar-refractivity contribution in [3.63, 3.8) is 0 Å². The van der Waals surface area contributed by atoms with E-state index in [1.54, 1.807) is 20.8 Å². The predicted molar refractivity (Wildman–Crippen MR) is 105 cm³/mol. The summed E-state index contributed by atoms with van der Waals surface area (Å²) in [5.41, 5.74) is -7.12. The number of hydrogen-bond donors (Lipinski definition) is 6. The van der Waals surface area contributed by atoms with Crippen LogP contribution in [0.15, 0.2) is 0 Å². The molecule has 11 atom stereocenters. The highest BCUT2D eigenvalue weighted by Gasteiger charge is 2.79. The number of aliphatic hydroxyl groups excluding tert-OH is 3. The number of esters is 1. The van der Waals surface area contributed by atoms with Gasteiger partial charge in [-0.3, -0.25) is 4.79 Å². The summed E-state index contributed by atoms with van der Waals surface area (Å²) in [4.78, 5) is 12.0. The van der Waals surface area contributed by atoms with Gasteiger partial charge in [0.25, 0.3) is 0 Å². The van der Waals surface area contributed by atoms with Crippen LogP contribution in [0.3, 0.4) is 0 Å². The SMILES string of the molecule is CC(=O)O[C@@H]1C[C@]23C[C@@](C)(O)[C@H](CC[C@H]2[C@@](C)(O)[C@@H]2[C@H](O)[C@H](O)C(C)(C)[C@@]12O)[C@@H]3O. The van der Waals surface area contributed by atoms with E-state index in [2.05, 4.69) is 0 Å². The average molecular weight is 429 g/mol. The van der Waals surface area contributed by atoms with Gasteiger partial charge in [0, 0.05) is 29.6 Å². The maximum absolute atomic E-state index is 12.1. The van der Waals surface area contributed by atoms with Gasteiger partial charge in [-0.15, -0.1) is 0 Å². The number of hydrogen-bond acceptors (Lipinski definition) is 8. The van der Waals surface area contributed by atoms with Crippen LogP contribution in [-0.4, -0.2) is 77.8 Å². The fraction of sp³-hybridized carbons (Fsp3) is 0.955. The largest absolute Gasteiger partial charge is 0.459 e. The van der Waals surface area contributed by atoms with Crippen molar-refractivity contribution in [2.45, 2.75) is 102 Å². The predicted octanol–water partition coefficient (Wildman–Crippen LogP) is -0.290. The van der Waals surface area contributed by atoms with Gasteiger partial charge in [0.05, 0.1) is 29.5 Å². The molecule has 0 aromatic carbocycles. The molecule has 4 aliphatic carbocycles. The summed E-state index contributed by atoms with van der Waals surface area (Å²) in [6.07, 6.45) is -3.76. The van der Waals surface area contributed by atoms with E-state index < -0.39 is 75.8 Å². The molecule has 0 radical (unpaired) electrons. The summed E-state index contributed by atoms with van der Waals surface area (Å²) in [5, 5.41) is 68.2. The van der Waals surface area contributed by atoms with Crippen LogP contribution >= 0.6 is 0 Å². The van der Waals surface area contributed by atoms with Gasteiger partial charge in [-0.2, -0.15) is 0 Å². The molecule has 8 nitrogen and oxygen atoms in total. The Morgan fingerprint density at radius 1 is 0.967 bits per heavy atom. The van der Waals surface area contributed by atoms with Crippen molar-refractivity contribution in [2.75, 3.05) is 0 Å². The van der Waals surface area contributed by atoms with Crippen LogP contribution in [-0.2, 0) is 9.53 Å². The van der Waals surface area contributed by atoms with Crippen molar-refractivity contribution in [1.29, 1.82) is 0 Å². The van der Waals surface area contributed by atoms with Crippen LogP contribution in [0, 0.1) is 28.6 Å². The molecule has 4 fully saturated rings. The normalized spacial score (nSPS) is 59.2. The van der Waals surface area contributed by atoms with Gasteiger partial charge in [0.2, 0.25) is 0 Å². The molecule has 0 heterocycles. The highest BCUT2D eigenvalue weighted by Crippen LogP contribution is 2.70. The molecule has 6 N–H and O–H groups in total. The molecule has 4 saturated carbocycles. The van der Waals surface area contributed by atoms with E-state index >= 15 is 0 Å². The lowest BCUT2D eigenvalue weighted by Crippen LogP contribution is -2.62. The van der Waals surface area contributed by atoms with Gasteiger partial charge in [0.1, 0.15) is 11.7 Å². The summed E-state index contributed by atoms with van der Waals surface area (Å²) in [6, 6.07) is 0. The van der Waals surface area contributed by atoms with Crippen LogP contribution in [0.2, 0.25) is 0 Å². The molecular formula is C22H36O8. The number of rotatable bonds is 1. The summed E-state index contributed by atoms with van der Waals surface area (Å²) >= 11 is 0. The molecule has 4 aliphatic rings. The Bertz CT molecular complexity index is 747. The first kappa shape index (κ1) is 22.4. The third kappa shape index (κ3) is 2.41. The van der Waals surface area contributed by atoms with Gasteiger partial charge >= 0.3 is 5.97 Å². The van der Waals surface area contributed by atoms with Gasteiger partial charge in [-0.1, -0.05) is 13.8 Å². The summed E-state index contributed by atoms with van der Waals surface area (Å²) in [6.45, 7) is 7.60. The topological polar surface area (TPSA) is 148 Å². The Morgan fingerprint density at radius 3 is 2.13 bits per heavy atom. The minimum absolute atomic E-state index is 0.0249. The molecule has 0 saturated heterocycles. The van der Waals surface area contributed by atoms with Crippen LogP contribution in [0.5, 0.6) is 0 Å². The molecule has 1 spiro atoms. The maximum Gasteiger partial charge on any atom is 0.303 e. The molecule has 8 heteroatoms. The molecule has 4 rings (SSSR count). The van der Waals surface area contributed by atoms with E-state index in [9.17, 15) is 35.4 Å². The first-order chi connectivity index (χ1) is 13.5. The van der Waals surface area contributed by atoms with Crippen molar-refractivity contribution >= 4 is 5.97 Å². The van der Waals surface area contributed by atoms with E-state index in [-0.39, 0.29) is 12.8 Å². The molecule has 0 aromatic heterocycles. The zero-order valence-electron chi connectivity index (χ0n) is 18.4. The van der Waals surface area contributed by atoms with E-state index in [1.165, 1.54) is 13.8 Å². The monoisotopic (exact) mass is 428 g/mol. The summed E-state index contributed by atoms with van der Waals surface area (Å²) in [5.74, 6) is -2.81. The van der Waals surface area contributed by atoms with Crippen LogP contribution < -0.4 is 0 Å². The molecule has 2 bridgehead atoms. The summed E-state index contributed by atoms with van der Waals surface area (Å²) in [7, 11) is 0. The third-order valence-corrected chi connectivity index (χ3v) is 9.53. The Balaban J connectivity index is 1.96. The van der Waals surface area contributed by atoms with Crippen LogP contribution in [0.25, 0.3) is 0 Å². The number of carbonyl (C=O) groups is 1. The molecule has 0 aliphatic heterocycles. The van der Waals surface area contributed by atoms with E-state index in [4.69, 9.17) is 4.74 Å². The molecule has 30 heavy (non-hydrogen) atoms. The van der Waals surface area contributed by atoms with Crippen molar-refractivity contribution in [2.24, 2.45) is 28.6 Å². The highest BCUT2D eigenvalue weighted by atomic mass is 16.6. The molecule has 172 valence electrons. The molecular weight excluding hydrogens is 392 g/mol. The fourth-order valence-corrected chi connectivity index (χ4v) is 8.25. The van der Waals surface area contributed by atoms with Crippen molar-refractivity contribution < 1.29 is 40.2 Å². The minimum atomic E-state index is -1.95. The average Bonchev–Trinajstić information content (AvgIpc) is 2.77. The molecule has 0 amide bonds. The first-order valence-corrected chi connectivity index (χ1v) is 10.9. The fourth-order valence-electron chi connectivity index (χ4n) is 8.25. The van der Waals surface area contributed by atoms with Gasteiger partial charge < -0.3 is 35.4 Å². The Kier molecular flexibility index (Phi) is 4.61. The lowest BCUT2D eigenvalue weighted by molar-refractivity contribution is -0.218. The zero-order valence-corrected chi connectivity index (χ0v) is 18.4. The number of aliphatic hydroxyl groups is 6. The standard InChI is InChI=1S/C22H36O8/c1-10(23)30-13-8-21-9-19(4,27)11(16(21)25)6-7-12(21)20(5,28)15-14(24)17(26)18(2,3)22(13,15)29/h11-17,24-29H,6-9H2,1-5H3/t11-,12+,13-,14+,15+,16+,17+,19-,20-,21+,22-/m1/s1. The number of ether oxygens (including phenoxy) is 1. The molecule has 0 unspecified atom stereocenters. The second kappa shape index (κ2) is 6.17. The van der Waals surface area contributed by atoms with Crippen molar-refractivity contribution in [1.82, 2.24) is 0 Å². The van der Waals surface area contributed by atoms with Crippen LogP contribution in [0.1, 0.15) is 60.3 Å². The summed E-state index contributed by atoms with van der Waals surface area (Å²) < 4.78 is 5.61. The zero-order chi connectivity index (χ0) is 22.7. The molecule has 0 aromatic rings. The quantitative estimate of drug-likeness (QED) is 0.312. The Hall–Kier alpha value is -0.770. The highest BCUT2D eigenvalue weighted by molar-refractivity contribution is 5.66. The lowest BCUT2D eigenvalue weighted by atomic mass is 9.57. The Labute approximate surface area is 176 Å². The third-order valence-electron chi connectivity index (χ3n) is 9.53. The first-order valence-electron chi connectivity index (χ1n) is 10.9. The van der Waals surface area contributed by atoms with E-state index in [1.807, 2.05) is 0 Å². The van der Waals surface area contributed by atoms with Gasteiger partial charge in [-0.05, 0) is 45.4 Å². The van der Waals surface area contributed by atoms with E-state index in [0.717, 1.165) is 0 Å². The second-order valence-electron chi connectivity index (χ2n) is 11.4. The van der Waals surface area contributed by atoms with E-state index in [0.29, 0.717) is 12.8 Å². The van der Waals surface area contributed by atoms with Crippen molar-refractivity contribution in [3.05, 3.63) is 0 Å². The van der Waals surface area contributed by atoms with Crippen molar-refractivity contribution in [3.8, 4) is 0 Å². The number of fused-ring (bicyclic) bond motifs is 2. The Morgan fingerprint density at radius 2 is 1.57 bits per heavy atom. The lowest BCUT2D eigenvalue weighted by Gasteiger charge is -2.51. The minimum Gasteiger partial charge on any atom is -0.459 e.